The van der Waals surface area contributed by atoms with Crippen molar-refractivity contribution in [3.05, 3.63) is 59.2 Å². The van der Waals surface area contributed by atoms with E-state index in [9.17, 15) is 5.11 Å². The highest BCUT2D eigenvalue weighted by atomic mass is 32.2. The lowest BCUT2D eigenvalue weighted by Crippen LogP contribution is -1.95. The molecule has 0 aromatic heterocycles. The zero-order valence-corrected chi connectivity index (χ0v) is 11.7. The molecule has 0 unspecified atom stereocenters. The Kier molecular flexibility index (Phi) is 4.26. The van der Waals surface area contributed by atoms with Gasteiger partial charge in [-0.2, -0.15) is 5.26 Å². The van der Waals surface area contributed by atoms with Crippen molar-refractivity contribution in [3.8, 4) is 6.07 Å². The van der Waals surface area contributed by atoms with Gasteiger partial charge in [-0.15, -0.1) is 0 Å². The maximum atomic E-state index is 9.82. The van der Waals surface area contributed by atoms with Crippen molar-refractivity contribution in [3.63, 3.8) is 0 Å². The SMILES string of the molecule is Cc1ccccc1Sc1cc(C#N)ccc1[C@@H](C)O. The molecule has 2 aromatic carbocycles. The number of hydrogen-bond acceptors (Lipinski definition) is 3. The third-order valence-corrected chi connectivity index (χ3v) is 4.16. The molecule has 0 aliphatic heterocycles. The molecule has 0 saturated heterocycles. The monoisotopic (exact) mass is 269 g/mol. The summed E-state index contributed by atoms with van der Waals surface area (Å²) in [5, 5.41) is 18.8. The van der Waals surface area contributed by atoms with Crippen molar-refractivity contribution < 1.29 is 5.11 Å². The minimum Gasteiger partial charge on any atom is -0.389 e. The van der Waals surface area contributed by atoms with Crippen LogP contribution in [-0.4, -0.2) is 5.11 Å². The number of benzene rings is 2. The number of aliphatic hydroxyl groups excluding tert-OH is 1. The molecule has 2 rings (SSSR count). The molecular weight excluding hydrogens is 254 g/mol. The quantitative estimate of drug-likeness (QED) is 0.913. The van der Waals surface area contributed by atoms with E-state index in [0.717, 1.165) is 15.4 Å². The Labute approximate surface area is 117 Å². The molecular formula is C16H15NOS. The summed E-state index contributed by atoms with van der Waals surface area (Å²) in [5.74, 6) is 0. The van der Waals surface area contributed by atoms with Crippen molar-refractivity contribution >= 4 is 11.8 Å². The summed E-state index contributed by atoms with van der Waals surface area (Å²) in [4.78, 5) is 2.07. The van der Waals surface area contributed by atoms with E-state index in [2.05, 4.69) is 19.1 Å². The third kappa shape index (κ3) is 3.17. The van der Waals surface area contributed by atoms with Gasteiger partial charge in [-0.1, -0.05) is 36.0 Å². The summed E-state index contributed by atoms with van der Waals surface area (Å²) in [6.45, 7) is 3.79. The molecule has 0 bridgehead atoms. The molecule has 19 heavy (non-hydrogen) atoms. The first-order valence-corrected chi connectivity index (χ1v) is 6.89. The molecule has 0 aliphatic carbocycles. The molecule has 2 nitrogen and oxygen atoms in total. The number of nitrogens with zero attached hydrogens (tertiary/aromatic N) is 1. The van der Waals surface area contributed by atoms with Crippen molar-refractivity contribution in [2.45, 2.75) is 29.7 Å². The van der Waals surface area contributed by atoms with Crippen LogP contribution in [0.25, 0.3) is 0 Å². The van der Waals surface area contributed by atoms with Crippen molar-refractivity contribution in [1.29, 1.82) is 5.26 Å². The molecule has 0 spiro atoms. The highest BCUT2D eigenvalue weighted by Gasteiger charge is 2.11. The van der Waals surface area contributed by atoms with Gasteiger partial charge in [0.05, 0.1) is 17.7 Å². The topological polar surface area (TPSA) is 44.0 Å². The maximum Gasteiger partial charge on any atom is 0.0992 e. The fourth-order valence-corrected chi connectivity index (χ4v) is 2.98. The molecule has 96 valence electrons. The Bertz CT molecular complexity index is 629. The highest BCUT2D eigenvalue weighted by molar-refractivity contribution is 7.99. The van der Waals surface area contributed by atoms with E-state index in [-0.39, 0.29) is 0 Å². The van der Waals surface area contributed by atoms with Gasteiger partial charge in [0.1, 0.15) is 0 Å². The zero-order chi connectivity index (χ0) is 13.8. The highest BCUT2D eigenvalue weighted by Crippen LogP contribution is 2.35. The summed E-state index contributed by atoms with van der Waals surface area (Å²) in [6, 6.07) is 15.6. The summed E-state index contributed by atoms with van der Waals surface area (Å²) in [7, 11) is 0. The minimum absolute atomic E-state index is 0.542. The van der Waals surface area contributed by atoms with Crippen LogP contribution >= 0.6 is 11.8 Å². The molecule has 0 amide bonds. The smallest absolute Gasteiger partial charge is 0.0992 e. The number of aryl methyl sites for hydroxylation is 1. The van der Waals surface area contributed by atoms with E-state index in [1.807, 2.05) is 30.3 Å². The van der Waals surface area contributed by atoms with Gasteiger partial charge in [0, 0.05) is 9.79 Å². The Morgan fingerprint density at radius 2 is 1.89 bits per heavy atom. The lowest BCUT2D eigenvalue weighted by atomic mass is 10.1. The van der Waals surface area contributed by atoms with Crippen LogP contribution in [-0.2, 0) is 0 Å². The van der Waals surface area contributed by atoms with Crippen LogP contribution < -0.4 is 0 Å². The van der Waals surface area contributed by atoms with E-state index in [0.29, 0.717) is 5.56 Å². The number of aliphatic hydroxyl groups is 1. The van der Waals surface area contributed by atoms with Gasteiger partial charge in [-0.3, -0.25) is 0 Å². The van der Waals surface area contributed by atoms with E-state index >= 15 is 0 Å². The second kappa shape index (κ2) is 5.92. The molecule has 0 fully saturated rings. The molecule has 2 aromatic rings. The van der Waals surface area contributed by atoms with E-state index in [1.165, 1.54) is 5.56 Å². The minimum atomic E-state index is -0.542. The average Bonchev–Trinajstić information content (AvgIpc) is 2.41. The summed E-state index contributed by atoms with van der Waals surface area (Å²) in [6.07, 6.45) is -0.542. The zero-order valence-electron chi connectivity index (χ0n) is 10.9. The maximum absolute atomic E-state index is 9.82. The predicted molar refractivity (Wildman–Crippen MR) is 77.1 cm³/mol. The summed E-state index contributed by atoms with van der Waals surface area (Å²) < 4.78 is 0. The van der Waals surface area contributed by atoms with Gasteiger partial charge >= 0.3 is 0 Å². The molecule has 1 N–H and O–H groups in total. The molecule has 3 heteroatoms. The molecule has 0 saturated carbocycles. The van der Waals surface area contributed by atoms with E-state index in [4.69, 9.17) is 5.26 Å². The third-order valence-electron chi connectivity index (χ3n) is 2.91. The van der Waals surface area contributed by atoms with Crippen LogP contribution in [0.2, 0.25) is 0 Å². The fraction of sp³-hybridized carbons (Fsp3) is 0.188. The first kappa shape index (κ1) is 13.7. The van der Waals surface area contributed by atoms with Gasteiger partial charge in [0.15, 0.2) is 0 Å². The molecule has 0 heterocycles. The predicted octanol–water partition coefficient (Wildman–Crippen LogP) is 4.07. The second-order valence-electron chi connectivity index (χ2n) is 4.41. The molecule has 0 aliphatic rings. The van der Waals surface area contributed by atoms with Crippen molar-refractivity contribution in [2.24, 2.45) is 0 Å². The number of rotatable bonds is 3. The van der Waals surface area contributed by atoms with Crippen LogP contribution in [0.15, 0.2) is 52.3 Å². The summed E-state index contributed by atoms with van der Waals surface area (Å²) in [5.41, 5.74) is 2.65. The lowest BCUT2D eigenvalue weighted by molar-refractivity contribution is 0.196. The Hall–Kier alpha value is -1.76. The van der Waals surface area contributed by atoms with E-state index < -0.39 is 6.10 Å². The Morgan fingerprint density at radius 3 is 2.53 bits per heavy atom. The number of hydrogen-bond donors (Lipinski definition) is 1. The normalized spacial score (nSPS) is 11.9. The van der Waals surface area contributed by atoms with Crippen LogP contribution in [0.3, 0.4) is 0 Å². The van der Waals surface area contributed by atoms with Crippen LogP contribution in [0.4, 0.5) is 0 Å². The average molecular weight is 269 g/mol. The van der Waals surface area contributed by atoms with Gasteiger partial charge in [0.25, 0.3) is 0 Å². The Morgan fingerprint density at radius 1 is 1.16 bits per heavy atom. The van der Waals surface area contributed by atoms with Gasteiger partial charge in [-0.25, -0.2) is 0 Å². The van der Waals surface area contributed by atoms with Gasteiger partial charge in [-0.05, 0) is 43.2 Å². The summed E-state index contributed by atoms with van der Waals surface area (Å²) >= 11 is 1.59. The molecule has 1 atom stereocenters. The van der Waals surface area contributed by atoms with Gasteiger partial charge in [0.2, 0.25) is 0 Å². The molecule has 0 radical (unpaired) electrons. The fourth-order valence-electron chi connectivity index (χ4n) is 1.83. The lowest BCUT2D eigenvalue weighted by Gasteiger charge is -2.13. The second-order valence-corrected chi connectivity index (χ2v) is 5.49. The largest absolute Gasteiger partial charge is 0.389 e. The van der Waals surface area contributed by atoms with Crippen LogP contribution in [0.5, 0.6) is 0 Å². The van der Waals surface area contributed by atoms with E-state index in [1.54, 1.807) is 24.8 Å². The van der Waals surface area contributed by atoms with Crippen molar-refractivity contribution in [1.82, 2.24) is 0 Å². The van der Waals surface area contributed by atoms with Crippen LogP contribution in [0.1, 0.15) is 29.7 Å². The van der Waals surface area contributed by atoms with Crippen molar-refractivity contribution in [2.75, 3.05) is 0 Å². The Balaban J connectivity index is 2.44. The van der Waals surface area contributed by atoms with Crippen LogP contribution in [0, 0.1) is 18.3 Å². The standard InChI is InChI=1S/C16H15NOS/c1-11-5-3-4-6-15(11)19-16-9-13(10-17)7-8-14(16)12(2)18/h3-9,12,18H,1-2H3/t12-/m1/s1. The first-order chi connectivity index (χ1) is 9.11. The first-order valence-electron chi connectivity index (χ1n) is 6.07. The van der Waals surface area contributed by atoms with Gasteiger partial charge < -0.3 is 5.11 Å². The number of nitriles is 1.